The minimum Gasteiger partial charge on any atom is -0.322 e. The maximum atomic E-state index is 11.6. The summed E-state index contributed by atoms with van der Waals surface area (Å²) < 4.78 is 0. The van der Waals surface area contributed by atoms with Crippen LogP contribution in [0.15, 0.2) is 24.9 Å². The molecule has 0 aromatic carbocycles. The Morgan fingerprint density at radius 1 is 1.81 bits per heavy atom. The lowest BCUT2D eigenvalue weighted by Crippen LogP contribution is -2.35. The van der Waals surface area contributed by atoms with Crippen molar-refractivity contribution in [2.24, 2.45) is 5.73 Å². The topological polar surface area (TPSA) is 68.0 Å². The highest BCUT2D eigenvalue weighted by atomic mass is 35.5. The summed E-state index contributed by atoms with van der Waals surface area (Å²) in [6, 6.07) is 1.13. The van der Waals surface area contributed by atoms with Crippen molar-refractivity contribution >= 4 is 23.2 Å². The Kier molecular flexibility index (Phi) is 4.46. The van der Waals surface area contributed by atoms with Crippen molar-refractivity contribution < 1.29 is 4.79 Å². The zero-order valence-corrected chi connectivity index (χ0v) is 9.79. The normalized spacial score (nSPS) is 11.9. The van der Waals surface area contributed by atoms with Crippen LogP contribution in [0.25, 0.3) is 0 Å². The summed E-state index contributed by atoms with van der Waals surface area (Å²) in [6.45, 7) is 5.39. The van der Waals surface area contributed by atoms with Gasteiger partial charge in [-0.15, -0.1) is 6.58 Å². The lowest BCUT2D eigenvalue weighted by Gasteiger charge is -2.11. The fourth-order valence-electron chi connectivity index (χ4n) is 1.15. The van der Waals surface area contributed by atoms with Crippen molar-refractivity contribution in [3.63, 3.8) is 0 Å². The van der Waals surface area contributed by atoms with E-state index < -0.39 is 6.04 Å². The summed E-state index contributed by atoms with van der Waals surface area (Å²) in [5.74, 6) is -0.297. The Morgan fingerprint density at radius 3 is 3.12 bits per heavy atom. The van der Waals surface area contributed by atoms with E-state index in [2.05, 4.69) is 16.9 Å². The van der Waals surface area contributed by atoms with E-state index >= 15 is 0 Å². The van der Waals surface area contributed by atoms with E-state index in [4.69, 9.17) is 17.3 Å². The molecule has 16 heavy (non-hydrogen) atoms. The van der Waals surface area contributed by atoms with Gasteiger partial charge in [-0.05, 0) is 25.0 Å². The molecule has 0 aliphatic heterocycles. The number of nitrogens with one attached hydrogen (secondary N) is 1. The van der Waals surface area contributed by atoms with Gasteiger partial charge in [-0.2, -0.15) is 0 Å². The average Bonchev–Trinajstić information content (AvgIpc) is 2.23. The second kappa shape index (κ2) is 5.63. The molecule has 0 aliphatic carbocycles. The number of hydrogen-bond donors (Lipinski definition) is 2. The van der Waals surface area contributed by atoms with Crippen LogP contribution >= 0.6 is 11.6 Å². The maximum absolute atomic E-state index is 11.6. The molecule has 1 aromatic heterocycles. The fourth-order valence-corrected chi connectivity index (χ4v) is 1.30. The summed E-state index contributed by atoms with van der Waals surface area (Å²) in [5.41, 5.74) is 7.01. The predicted molar refractivity (Wildman–Crippen MR) is 65.4 cm³/mol. The third-order valence-corrected chi connectivity index (χ3v) is 2.29. The van der Waals surface area contributed by atoms with Crippen LogP contribution in [0, 0.1) is 6.92 Å². The van der Waals surface area contributed by atoms with E-state index in [9.17, 15) is 4.79 Å². The summed E-state index contributed by atoms with van der Waals surface area (Å²) >= 11 is 5.84. The third-order valence-electron chi connectivity index (χ3n) is 1.99. The van der Waals surface area contributed by atoms with Crippen molar-refractivity contribution in [2.75, 3.05) is 5.32 Å². The molecule has 0 saturated heterocycles. The van der Waals surface area contributed by atoms with Crippen molar-refractivity contribution in [1.29, 1.82) is 0 Å². The van der Waals surface area contributed by atoms with E-state index in [1.165, 1.54) is 0 Å². The molecule has 0 radical (unpaired) electrons. The van der Waals surface area contributed by atoms with Crippen LogP contribution < -0.4 is 11.1 Å². The van der Waals surface area contributed by atoms with Gasteiger partial charge < -0.3 is 11.1 Å². The van der Waals surface area contributed by atoms with Crippen LogP contribution in [0.5, 0.6) is 0 Å². The number of nitrogens with two attached hydrogens (primary N) is 1. The van der Waals surface area contributed by atoms with Gasteiger partial charge in [0.25, 0.3) is 0 Å². The number of halogens is 1. The van der Waals surface area contributed by atoms with Crippen LogP contribution in [0.3, 0.4) is 0 Å². The van der Waals surface area contributed by atoms with Gasteiger partial charge in [-0.3, -0.25) is 4.79 Å². The molecule has 5 heteroatoms. The average molecular weight is 240 g/mol. The standard InChI is InChI=1S/C11H14ClN3O/c1-3-4-8(13)11(16)15-9-5-7(2)6-14-10(9)12/h3,5-6,8H,1,4,13H2,2H3,(H,15,16). The van der Waals surface area contributed by atoms with Gasteiger partial charge in [-0.1, -0.05) is 17.7 Å². The summed E-state index contributed by atoms with van der Waals surface area (Å²) in [4.78, 5) is 15.5. The molecule has 0 fully saturated rings. The number of carbonyl (C=O) groups is 1. The van der Waals surface area contributed by atoms with E-state index in [0.29, 0.717) is 12.1 Å². The molecule has 1 unspecified atom stereocenters. The molecule has 0 saturated carbocycles. The highest BCUT2D eigenvalue weighted by Gasteiger charge is 2.13. The summed E-state index contributed by atoms with van der Waals surface area (Å²) in [5, 5.41) is 2.88. The number of hydrogen-bond acceptors (Lipinski definition) is 3. The zero-order valence-electron chi connectivity index (χ0n) is 9.03. The summed E-state index contributed by atoms with van der Waals surface area (Å²) in [7, 11) is 0. The number of aromatic nitrogens is 1. The fraction of sp³-hybridized carbons (Fsp3) is 0.273. The summed E-state index contributed by atoms with van der Waals surface area (Å²) in [6.07, 6.45) is 3.64. The Bertz CT molecular complexity index is 406. The first-order valence-corrected chi connectivity index (χ1v) is 5.22. The van der Waals surface area contributed by atoms with E-state index in [0.717, 1.165) is 5.56 Å². The first-order chi connectivity index (χ1) is 7.54. The number of carbonyl (C=O) groups excluding carboxylic acids is 1. The molecule has 4 nitrogen and oxygen atoms in total. The number of pyridine rings is 1. The quantitative estimate of drug-likeness (QED) is 0.623. The molecular weight excluding hydrogens is 226 g/mol. The number of amides is 1. The molecule has 1 heterocycles. The molecule has 1 amide bonds. The molecule has 0 bridgehead atoms. The maximum Gasteiger partial charge on any atom is 0.241 e. The van der Waals surface area contributed by atoms with Crippen LogP contribution in [-0.4, -0.2) is 16.9 Å². The second-order valence-corrected chi connectivity index (χ2v) is 3.83. The number of anilines is 1. The smallest absolute Gasteiger partial charge is 0.241 e. The van der Waals surface area contributed by atoms with Gasteiger partial charge >= 0.3 is 0 Å². The van der Waals surface area contributed by atoms with Crippen LogP contribution in [-0.2, 0) is 4.79 Å². The van der Waals surface area contributed by atoms with Crippen molar-refractivity contribution in [1.82, 2.24) is 4.98 Å². The lowest BCUT2D eigenvalue weighted by atomic mass is 10.2. The van der Waals surface area contributed by atoms with Gasteiger partial charge in [0.1, 0.15) is 0 Å². The monoisotopic (exact) mass is 239 g/mol. The molecule has 1 atom stereocenters. The second-order valence-electron chi connectivity index (χ2n) is 3.47. The van der Waals surface area contributed by atoms with Crippen LogP contribution in [0.2, 0.25) is 5.15 Å². The Balaban J connectivity index is 2.76. The van der Waals surface area contributed by atoms with E-state index in [1.807, 2.05) is 6.92 Å². The molecule has 1 aromatic rings. The zero-order chi connectivity index (χ0) is 12.1. The molecular formula is C11H14ClN3O. The number of nitrogens with zero attached hydrogens (tertiary/aromatic N) is 1. The van der Waals surface area contributed by atoms with E-state index in [1.54, 1.807) is 18.3 Å². The van der Waals surface area contributed by atoms with Gasteiger partial charge in [0, 0.05) is 6.20 Å². The highest BCUT2D eigenvalue weighted by Crippen LogP contribution is 2.19. The largest absolute Gasteiger partial charge is 0.322 e. The molecule has 86 valence electrons. The lowest BCUT2D eigenvalue weighted by molar-refractivity contribution is -0.117. The first kappa shape index (κ1) is 12.7. The molecule has 0 aliphatic rings. The van der Waals surface area contributed by atoms with E-state index in [-0.39, 0.29) is 11.1 Å². The Morgan fingerprint density at radius 2 is 2.50 bits per heavy atom. The SMILES string of the molecule is C=CCC(N)C(=O)Nc1cc(C)cnc1Cl. The van der Waals surface area contributed by atoms with Crippen molar-refractivity contribution in [3.8, 4) is 0 Å². The molecule has 3 N–H and O–H groups in total. The Hall–Kier alpha value is -1.39. The number of aryl methyl sites for hydroxylation is 1. The van der Waals surface area contributed by atoms with Gasteiger partial charge in [-0.25, -0.2) is 4.98 Å². The third kappa shape index (κ3) is 3.32. The number of rotatable bonds is 4. The minimum atomic E-state index is -0.617. The Labute approximate surface area is 99.5 Å². The highest BCUT2D eigenvalue weighted by molar-refractivity contribution is 6.32. The minimum absolute atomic E-state index is 0.254. The molecule has 0 spiro atoms. The van der Waals surface area contributed by atoms with Crippen LogP contribution in [0.4, 0.5) is 5.69 Å². The van der Waals surface area contributed by atoms with Crippen LogP contribution in [0.1, 0.15) is 12.0 Å². The predicted octanol–water partition coefficient (Wildman–Crippen LogP) is 1.89. The molecule has 1 rings (SSSR count). The van der Waals surface area contributed by atoms with Gasteiger partial charge in [0.15, 0.2) is 5.15 Å². The van der Waals surface area contributed by atoms with Crippen molar-refractivity contribution in [3.05, 3.63) is 35.6 Å². The van der Waals surface area contributed by atoms with Crippen molar-refractivity contribution in [2.45, 2.75) is 19.4 Å². The van der Waals surface area contributed by atoms with Gasteiger partial charge in [0.05, 0.1) is 11.7 Å². The first-order valence-electron chi connectivity index (χ1n) is 4.84. The van der Waals surface area contributed by atoms with Gasteiger partial charge in [0.2, 0.25) is 5.91 Å².